The third-order valence-electron chi connectivity index (χ3n) is 5.65. The van der Waals surface area contributed by atoms with Crippen LogP contribution in [0.25, 0.3) is 22.9 Å². The molecule has 0 fully saturated rings. The number of ether oxygens (including phenoxy) is 1. The van der Waals surface area contributed by atoms with Gasteiger partial charge in [-0.15, -0.1) is 5.10 Å². The molecule has 7 heteroatoms. The van der Waals surface area contributed by atoms with Gasteiger partial charge in [0.15, 0.2) is 0 Å². The number of carbonyl (C=O) groups is 1. The Kier molecular flexibility index (Phi) is 7.34. The van der Waals surface area contributed by atoms with Crippen molar-refractivity contribution in [1.82, 2.24) is 15.0 Å². The van der Waals surface area contributed by atoms with Crippen molar-refractivity contribution in [2.45, 2.75) is 13.0 Å². The normalized spacial score (nSPS) is 11.1. The lowest BCUT2D eigenvalue weighted by atomic mass is 10.0. The van der Waals surface area contributed by atoms with Crippen LogP contribution in [0.15, 0.2) is 85.1 Å². The highest BCUT2D eigenvalue weighted by molar-refractivity contribution is 5.92. The van der Waals surface area contributed by atoms with E-state index in [9.17, 15) is 10.1 Å². The fourth-order valence-electron chi connectivity index (χ4n) is 3.58. The standard InChI is InChI=1S/C28H25N5O2/c1-32(25-6-4-3-5-7-25)28(34)16-17-33-20-27(30-31-33)23-12-10-22(11-13-23)24(19-29)18-21-8-14-26(35-2)15-9-21/h3-15,18,20H,16-17H2,1-2H3/b24-18+. The van der Waals surface area contributed by atoms with Gasteiger partial charge in [-0.1, -0.05) is 59.8 Å². The van der Waals surface area contributed by atoms with Crippen LogP contribution in [0.3, 0.4) is 0 Å². The number of anilines is 1. The minimum atomic E-state index is 0.00489. The molecule has 0 aliphatic carbocycles. The maximum absolute atomic E-state index is 12.5. The lowest BCUT2D eigenvalue weighted by molar-refractivity contribution is -0.118. The lowest BCUT2D eigenvalue weighted by Crippen LogP contribution is -2.27. The number of allylic oxidation sites excluding steroid dienone is 1. The summed E-state index contributed by atoms with van der Waals surface area (Å²) in [5, 5.41) is 18.1. The topological polar surface area (TPSA) is 84.0 Å². The van der Waals surface area contributed by atoms with Gasteiger partial charge in [0.2, 0.25) is 5.91 Å². The van der Waals surface area contributed by atoms with E-state index in [4.69, 9.17) is 4.74 Å². The minimum Gasteiger partial charge on any atom is -0.497 e. The molecule has 4 rings (SSSR count). The van der Waals surface area contributed by atoms with Crippen molar-refractivity contribution in [2.24, 2.45) is 0 Å². The zero-order chi connectivity index (χ0) is 24.6. The molecular weight excluding hydrogens is 438 g/mol. The number of amides is 1. The van der Waals surface area contributed by atoms with E-state index in [1.54, 1.807) is 23.7 Å². The van der Waals surface area contributed by atoms with Gasteiger partial charge in [-0.3, -0.25) is 9.48 Å². The summed E-state index contributed by atoms with van der Waals surface area (Å²) in [5.41, 5.74) is 4.74. The number of hydrogen-bond donors (Lipinski definition) is 0. The summed E-state index contributed by atoms with van der Waals surface area (Å²) in [5.74, 6) is 0.774. The average molecular weight is 464 g/mol. The molecule has 0 radical (unpaired) electrons. The van der Waals surface area contributed by atoms with E-state index >= 15 is 0 Å². The van der Waals surface area contributed by atoms with Crippen molar-refractivity contribution in [3.8, 4) is 23.1 Å². The lowest BCUT2D eigenvalue weighted by Gasteiger charge is -2.16. The Morgan fingerprint density at radius 3 is 2.43 bits per heavy atom. The number of aryl methyl sites for hydroxylation is 1. The van der Waals surface area contributed by atoms with Crippen LogP contribution < -0.4 is 9.64 Å². The second-order valence-electron chi connectivity index (χ2n) is 7.93. The molecule has 1 aromatic heterocycles. The summed E-state index contributed by atoms with van der Waals surface area (Å²) >= 11 is 0. The van der Waals surface area contributed by atoms with E-state index in [-0.39, 0.29) is 5.91 Å². The van der Waals surface area contributed by atoms with Crippen LogP contribution in [0.1, 0.15) is 17.5 Å². The average Bonchev–Trinajstić information content (AvgIpc) is 3.40. The SMILES string of the molecule is COc1ccc(/C=C(\C#N)c2ccc(-c3cn(CCC(=O)N(C)c4ccccc4)nn3)cc2)cc1. The maximum atomic E-state index is 12.5. The zero-order valence-electron chi connectivity index (χ0n) is 19.6. The monoisotopic (exact) mass is 463 g/mol. The first-order valence-electron chi connectivity index (χ1n) is 11.2. The van der Waals surface area contributed by atoms with Gasteiger partial charge in [-0.2, -0.15) is 5.26 Å². The van der Waals surface area contributed by atoms with Crippen LogP contribution >= 0.6 is 0 Å². The summed E-state index contributed by atoms with van der Waals surface area (Å²) in [6.45, 7) is 0.435. The number of carbonyl (C=O) groups excluding carboxylic acids is 1. The molecule has 0 aliphatic rings. The van der Waals surface area contributed by atoms with Crippen molar-refractivity contribution < 1.29 is 9.53 Å². The molecule has 0 bridgehead atoms. The largest absolute Gasteiger partial charge is 0.497 e. The van der Waals surface area contributed by atoms with E-state index in [2.05, 4.69) is 16.4 Å². The van der Waals surface area contributed by atoms with Crippen molar-refractivity contribution in [3.63, 3.8) is 0 Å². The first-order chi connectivity index (χ1) is 17.1. The van der Waals surface area contributed by atoms with Gasteiger partial charge in [0.1, 0.15) is 11.4 Å². The van der Waals surface area contributed by atoms with E-state index in [1.807, 2.05) is 91.1 Å². The smallest absolute Gasteiger partial charge is 0.228 e. The van der Waals surface area contributed by atoms with Crippen LogP contribution in [-0.2, 0) is 11.3 Å². The van der Waals surface area contributed by atoms with Crippen molar-refractivity contribution in [1.29, 1.82) is 5.26 Å². The first-order valence-corrected chi connectivity index (χ1v) is 11.2. The molecule has 1 amide bonds. The second kappa shape index (κ2) is 10.9. The summed E-state index contributed by atoms with van der Waals surface area (Å²) < 4.78 is 6.85. The van der Waals surface area contributed by atoms with Crippen LogP contribution in [0.5, 0.6) is 5.75 Å². The fraction of sp³-hybridized carbons (Fsp3) is 0.143. The number of nitrogens with zero attached hydrogens (tertiary/aromatic N) is 5. The Hall–Kier alpha value is -4.70. The molecule has 0 saturated heterocycles. The molecule has 174 valence electrons. The van der Waals surface area contributed by atoms with E-state index in [0.29, 0.717) is 24.2 Å². The first kappa shape index (κ1) is 23.5. The highest BCUT2D eigenvalue weighted by Crippen LogP contribution is 2.23. The van der Waals surface area contributed by atoms with Crippen LogP contribution in [-0.4, -0.2) is 35.1 Å². The Morgan fingerprint density at radius 2 is 1.77 bits per heavy atom. The predicted octanol–water partition coefficient (Wildman–Crippen LogP) is 5.07. The van der Waals surface area contributed by atoms with E-state index < -0.39 is 0 Å². The highest BCUT2D eigenvalue weighted by Gasteiger charge is 2.12. The number of hydrogen-bond acceptors (Lipinski definition) is 5. The van der Waals surface area contributed by atoms with Gasteiger partial charge in [-0.05, 0) is 41.5 Å². The third kappa shape index (κ3) is 5.81. The molecule has 0 N–H and O–H groups in total. The third-order valence-corrected chi connectivity index (χ3v) is 5.65. The summed E-state index contributed by atoms with van der Waals surface area (Å²) in [6.07, 6.45) is 3.98. The number of rotatable bonds is 8. The van der Waals surface area contributed by atoms with E-state index in [0.717, 1.165) is 28.1 Å². The summed E-state index contributed by atoms with van der Waals surface area (Å²) in [6, 6.07) is 27.0. The fourth-order valence-corrected chi connectivity index (χ4v) is 3.58. The number of methoxy groups -OCH3 is 1. The van der Waals surface area contributed by atoms with Crippen LogP contribution in [0.2, 0.25) is 0 Å². The molecular formula is C28H25N5O2. The minimum absolute atomic E-state index is 0.00489. The summed E-state index contributed by atoms with van der Waals surface area (Å²) in [7, 11) is 3.39. The molecule has 1 heterocycles. The number of para-hydroxylation sites is 1. The molecule has 0 unspecified atom stereocenters. The van der Waals surface area contributed by atoms with E-state index in [1.165, 1.54) is 0 Å². The van der Waals surface area contributed by atoms with Gasteiger partial charge in [-0.25, -0.2) is 0 Å². The summed E-state index contributed by atoms with van der Waals surface area (Å²) in [4.78, 5) is 14.2. The van der Waals surface area contributed by atoms with Gasteiger partial charge >= 0.3 is 0 Å². The molecule has 4 aromatic rings. The molecule has 35 heavy (non-hydrogen) atoms. The van der Waals surface area contributed by atoms with Gasteiger partial charge < -0.3 is 9.64 Å². The molecule has 7 nitrogen and oxygen atoms in total. The van der Waals surface area contributed by atoms with Gasteiger partial charge in [0.05, 0.1) is 31.5 Å². The Bertz CT molecular complexity index is 1350. The van der Waals surface area contributed by atoms with Crippen molar-refractivity contribution in [2.75, 3.05) is 19.1 Å². The number of nitriles is 1. The number of benzene rings is 3. The molecule has 0 aliphatic heterocycles. The maximum Gasteiger partial charge on any atom is 0.228 e. The van der Waals surface area contributed by atoms with Crippen molar-refractivity contribution >= 4 is 23.2 Å². The van der Waals surface area contributed by atoms with Crippen LogP contribution in [0.4, 0.5) is 5.69 Å². The van der Waals surface area contributed by atoms with Gasteiger partial charge in [0.25, 0.3) is 0 Å². The quantitative estimate of drug-likeness (QED) is 0.269. The molecule has 3 aromatic carbocycles. The Labute approximate surface area is 204 Å². The second-order valence-corrected chi connectivity index (χ2v) is 7.93. The predicted molar refractivity (Wildman–Crippen MR) is 136 cm³/mol. The number of aromatic nitrogens is 3. The van der Waals surface area contributed by atoms with Gasteiger partial charge in [0, 0.05) is 24.7 Å². The molecule has 0 spiro atoms. The zero-order valence-corrected chi connectivity index (χ0v) is 19.6. The highest BCUT2D eigenvalue weighted by atomic mass is 16.5. The Balaban J connectivity index is 1.40. The molecule has 0 atom stereocenters. The van der Waals surface area contributed by atoms with Crippen LogP contribution in [0, 0.1) is 11.3 Å². The van der Waals surface area contributed by atoms with Crippen molar-refractivity contribution in [3.05, 3.63) is 96.2 Å². The molecule has 0 saturated carbocycles. The Morgan fingerprint density at radius 1 is 1.06 bits per heavy atom.